The summed E-state index contributed by atoms with van der Waals surface area (Å²) in [7, 11) is 1.85. The Labute approximate surface area is 98.7 Å². The fourth-order valence-electron chi connectivity index (χ4n) is 1.89. The lowest BCUT2D eigenvalue weighted by molar-refractivity contribution is 0.0689. The Bertz CT molecular complexity index is 568. The van der Waals surface area contributed by atoms with Crippen LogP contribution in [0.15, 0.2) is 18.5 Å². The Hall–Kier alpha value is -2.17. The number of aryl methyl sites for hydroxylation is 3. The van der Waals surface area contributed by atoms with Gasteiger partial charge in [-0.3, -0.25) is 4.68 Å². The van der Waals surface area contributed by atoms with Crippen molar-refractivity contribution in [2.24, 2.45) is 7.05 Å². The average Bonchev–Trinajstić information content (AvgIpc) is 2.58. The number of carboxylic acid groups (broad SMARTS) is 1. The first kappa shape index (κ1) is 11.3. The van der Waals surface area contributed by atoms with Crippen LogP contribution in [0.2, 0.25) is 0 Å². The molecule has 2 aromatic rings. The van der Waals surface area contributed by atoms with Crippen LogP contribution in [0.25, 0.3) is 11.3 Å². The zero-order valence-electron chi connectivity index (χ0n) is 9.93. The van der Waals surface area contributed by atoms with Crippen LogP contribution in [0.3, 0.4) is 0 Å². The molecule has 2 heterocycles. The van der Waals surface area contributed by atoms with E-state index in [1.54, 1.807) is 24.0 Å². The molecule has 0 saturated carbocycles. The van der Waals surface area contributed by atoms with Crippen LogP contribution < -0.4 is 0 Å². The summed E-state index contributed by atoms with van der Waals surface area (Å²) in [6.45, 7) is 3.70. The number of hydrogen-bond donors (Lipinski definition) is 1. The topological polar surface area (TPSA) is 68.0 Å². The molecular formula is C12H13N3O2. The van der Waals surface area contributed by atoms with Crippen molar-refractivity contribution in [3.8, 4) is 11.3 Å². The van der Waals surface area contributed by atoms with Crippen molar-refractivity contribution >= 4 is 5.97 Å². The minimum atomic E-state index is -1.00. The zero-order chi connectivity index (χ0) is 12.6. The molecule has 5 nitrogen and oxygen atoms in total. The third kappa shape index (κ3) is 1.91. The quantitative estimate of drug-likeness (QED) is 0.855. The van der Waals surface area contributed by atoms with Gasteiger partial charge in [-0.25, -0.2) is 9.78 Å². The van der Waals surface area contributed by atoms with Crippen LogP contribution in [-0.2, 0) is 7.05 Å². The molecule has 2 aromatic heterocycles. The number of nitrogens with zero attached hydrogens (tertiary/aromatic N) is 3. The Morgan fingerprint density at radius 1 is 1.29 bits per heavy atom. The lowest BCUT2D eigenvalue weighted by atomic mass is 10.1. The van der Waals surface area contributed by atoms with Crippen LogP contribution in [0.1, 0.15) is 21.6 Å². The van der Waals surface area contributed by atoms with E-state index in [0.29, 0.717) is 5.56 Å². The molecule has 88 valence electrons. The van der Waals surface area contributed by atoms with E-state index in [2.05, 4.69) is 10.1 Å². The summed E-state index contributed by atoms with van der Waals surface area (Å²) < 4.78 is 1.76. The monoisotopic (exact) mass is 231 g/mol. The maximum absolute atomic E-state index is 10.9. The van der Waals surface area contributed by atoms with Crippen molar-refractivity contribution in [2.45, 2.75) is 13.8 Å². The van der Waals surface area contributed by atoms with E-state index in [0.717, 1.165) is 16.8 Å². The van der Waals surface area contributed by atoms with Gasteiger partial charge in [-0.15, -0.1) is 0 Å². The molecule has 2 rings (SSSR count). The number of carboxylic acids is 1. The molecule has 0 radical (unpaired) electrons. The third-order valence-electron chi connectivity index (χ3n) is 2.68. The van der Waals surface area contributed by atoms with Gasteiger partial charge in [0.2, 0.25) is 0 Å². The van der Waals surface area contributed by atoms with E-state index >= 15 is 0 Å². The highest BCUT2D eigenvalue weighted by Crippen LogP contribution is 2.23. The summed E-state index contributed by atoms with van der Waals surface area (Å²) in [5.74, 6) is -1.00. The van der Waals surface area contributed by atoms with E-state index in [1.807, 2.05) is 20.0 Å². The molecule has 0 aliphatic carbocycles. The Morgan fingerprint density at radius 2 is 2.00 bits per heavy atom. The van der Waals surface area contributed by atoms with E-state index in [4.69, 9.17) is 5.11 Å². The van der Waals surface area contributed by atoms with E-state index in [-0.39, 0.29) is 5.69 Å². The SMILES string of the molecule is Cc1cc(-c2c(C)cnn2C)cnc1C(=O)O. The van der Waals surface area contributed by atoms with Gasteiger partial charge in [0.05, 0.1) is 11.9 Å². The Balaban J connectivity index is 2.56. The fraction of sp³-hybridized carbons (Fsp3) is 0.250. The number of pyridine rings is 1. The van der Waals surface area contributed by atoms with Gasteiger partial charge in [0.15, 0.2) is 5.69 Å². The highest BCUT2D eigenvalue weighted by Gasteiger charge is 2.13. The van der Waals surface area contributed by atoms with Crippen molar-refractivity contribution in [3.05, 3.63) is 35.3 Å². The van der Waals surface area contributed by atoms with Gasteiger partial charge in [0.1, 0.15) is 0 Å². The molecule has 0 amide bonds. The highest BCUT2D eigenvalue weighted by molar-refractivity contribution is 5.87. The van der Waals surface area contributed by atoms with E-state index < -0.39 is 5.97 Å². The highest BCUT2D eigenvalue weighted by atomic mass is 16.4. The van der Waals surface area contributed by atoms with Gasteiger partial charge < -0.3 is 5.11 Å². The first-order chi connectivity index (χ1) is 8.00. The lowest BCUT2D eigenvalue weighted by Crippen LogP contribution is -2.04. The molecule has 0 unspecified atom stereocenters. The predicted molar refractivity (Wildman–Crippen MR) is 62.9 cm³/mol. The average molecular weight is 231 g/mol. The van der Waals surface area contributed by atoms with Gasteiger partial charge >= 0.3 is 5.97 Å². The molecule has 17 heavy (non-hydrogen) atoms. The number of carbonyl (C=O) groups is 1. The molecule has 0 atom stereocenters. The first-order valence-corrected chi connectivity index (χ1v) is 5.19. The van der Waals surface area contributed by atoms with Crippen molar-refractivity contribution in [2.75, 3.05) is 0 Å². The molecule has 0 bridgehead atoms. The van der Waals surface area contributed by atoms with Crippen LogP contribution in [0.5, 0.6) is 0 Å². The van der Waals surface area contributed by atoms with Gasteiger partial charge in [-0.1, -0.05) is 0 Å². The Morgan fingerprint density at radius 3 is 2.47 bits per heavy atom. The largest absolute Gasteiger partial charge is 0.477 e. The third-order valence-corrected chi connectivity index (χ3v) is 2.68. The standard InChI is InChI=1S/C12H13N3O2/c1-7-4-9(6-13-10(7)12(16)17)11-8(2)5-14-15(11)3/h4-6H,1-3H3,(H,16,17). The summed E-state index contributed by atoms with van der Waals surface area (Å²) >= 11 is 0. The number of hydrogen-bond acceptors (Lipinski definition) is 3. The van der Waals surface area contributed by atoms with Crippen LogP contribution in [0, 0.1) is 13.8 Å². The minimum Gasteiger partial charge on any atom is -0.477 e. The lowest BCUT2D eigenvalue weighted by Gasteiger charge is -2.06. The van der Waals surface area contributed by atoms with Crippen molar-refractivity contribution in [1.82, 2.24) is 14.8 Å². The van der Waals surface area contributed by atoms with Crippen LogP contribution in [-0.4, -0.2) is 25.8 Å². The van der Waals surface area contributed by atoms with Gasteiger partial charge in [-0.05, 0) is 31.0 Å². The maximum atomic E-state index is 10.9. The first-order valence-electron chi connectivity index (χ1n) is 5.19. The number of rotatable bonds is 2. The van der Waals surface area contributed by atoms with Gasteiger partial charge in [0, 0.05) is 18.8 Å². The van der Waals surface area contributed by atoms with Gasteiger partial charge in [0.25, 0.3) is 0 Å². The van der Waals surface area contributed by atoms with Crippen molar-refractivity contribution in [3.63, 3.8) is 0 Å². The molecular weight excluding hydrogens is 218 g/mol. The van der Waals surface area contributed by atoms with Crippen molar-refractivity contribution < 1.29 is 9.90 Å². The summed E-state index contributed by atoms with van der Waals surface area (Å²) in [5, 5.41) is 13.1. The second-order valence-electron chi connectivity index (χ2n) is 3.99. The maximum Gasteiger partial charge on any atom is 0.354 e. The van der Waals surface area contributed by atoms with E-state index in [1.165, 1.54) is 0 Å². The number of aromatic carboxylic acids is 1. The number of aromatic nitrogens is 3. The summed E-state index contributed by atoms with van der Waals surface area (Å²) in [6, 6.07) is 1.82. The summed E-state index contributed by atoms with van der Waals surface area (Å²) in [4.78, 5) is 14.8. The molecule has 0 aliphatic heterocycles. The van der Waals surface area contributed by atoms with Crippen molar-refractivity contribution in [1.29, 1.82) is 0 Å². The molecule has 0 aliphatic rings. The Kier molecular flexibility index (Phi) is 2.67. The molecule has 0 aromatic carbocycles. The summed E-state index contributed by atoms with van der Waals surface area (Å²) in [6.07, 6.45) is 3.34. The second-order valence-corrected chi connectivity index (χ2v) is 3.99. The van der Waals surface area contributed by atoms with Crippen LogP contribution >= 0.6 is 0 Å². The molecule has 0 fully saturated rings. The van der Waals surface area contributed by atoms with Crippen LogP contribution in [0.4, 0.5) is 0 Å². The normalized spacial score (nSPS) is 10.5. The molecule has 0 saturated heterocycles. The zero-order valence-corrected chi connectivity index (χ0v) is 9.93. The predicted octanol–water partition coefficient (Wildman–Crippen LogP) is 1.80. The molecule has 0 spiro atoms. The van der Waals surface area contributed by atoms with Gasteiger partial charge in [-0.2, -0.15) is 5.10 Å². The smallest absolute Gasteiger partial charge is 0.354 e. The summed E-state index contributed by atoms with van der Waals surface area (Å²) in [5.41, 5.74) is 3.61. The second kappa shape index (κ2) is 4.01. The molecule has 1 N–H and O–H groups in total. The molecule has 5 heteroatoms. The minimum absolute atomic E-state index is 0.0913. The van der Waals surface area contributed by atoms with E-state index in [9.17, 15) is 4.79 Å². The fourth-order valence-corrected chi connectivity index (χ4v) is 1.89.